The summed E-state index contributed by atoms with van der Waals surface area (Å²) in [7, 11) is 0. The Kier molecular flexibility index (Phi) is 3.33. The molecule has 0 bridgehead atoms. The highest BCUT2D eigenvalue weighted by atomic mass is 19.1. The Morgan fingerprint density at radius 1 is 1.42 bits per heavy atom. The maximum atomic E-state index is 13.9. The minimum absolute atomic E-state index is 0.0107. The first-order valence-electron chi connectivity index (χ1n) is 5.80. The van der Waals surface area contributed by atoms with E-state index in [9.17, 15) is 18.8 Å². The van der Waals surface area contributed by atoms with Crippen LogP contribution in [0.5, 0.6) is 0 Å². The number of nitrogens with zero attached hydrogens (tertiary/aromatic N) is 1. The first-order valence-corrected chi connectivity index (χ1v) is 5.80. The van der Waals surface area contributed by atoms with Crippen LogP contribution in [0, 0.1) is 11.7 Å². The number of primary amides is 1. The minimum atomic E-state index is -0.661. The van der Waals surface area contributed by atoms with Gasteiger partial charge in [0.25, 0.3) is 0 Å². The molecule has 1 aliphatic heterocycles. The molecule has 1 aliphatic rings. The molecule has 1 atom stereocenters. The molecule has 1 fully saturated rings. The molecular formula is C13H13FN2O3. The Hall–Kier alpha value is -2.24. The first kappa shape index (κ1) is 13.2. The van der Waals surface area contributed by atoms with Crippen LogP contribution in [0.3, 0.4) is 0 Å². The number of carbonyl (C=O) groups excluding carboxylic acids is 3. The highest BCUT2D eigenvalue weighted by Crippen LogP contribution is 2.28. The number of hydrogen-bond donors (Lipinski definition) is 1. The lowest BCUT2D eigenvalue weighted by molar-refractivity contribution is -0.123. The van der Waals surface area contributed by atoms with Crippen molar-refractivity contribution in [1.29, 1.82) is 0 Å². The SMILES string of the molecule is CC(=O)c1ccc(N2CC(C(N)=O)CC2=O)c(F)c1. The Morgan fingerprint density at radius 3 is 2.58 bits per heavy atom. The van der Waals surface area contributed by atoms with Gasteiger partial charge in [-0.25, -0.2) is 4.39 Å². The number of nitrogens with two attached hydrogens (primary N) is 1. The molecule has 0 spiro atoms. The van der Waals surface area contributed by atoms with Gasteiger partial charge in [-0.1, -0.05) is 0 Å². The van der Waals surface area contributed by atoms with E-state index in [0.717, 1.165) is 6.07 Å². The molecule has 5 nitrogen and oxygen atoms in total. The molecule has 2 amide bonds. The highest BCUT2D eigenvalue weighted by Gasteiger charge is 2.35. The van der Waals surface area contributed by atoms with Crippen molar-refractivity contribution in [2.45, 2.75) is 13.3 Å². The third-order valence-electron chi connectivity index (χ3n) is 3.17. The summed E-state index contributed by atoms with van der Waals surface area (Å²) in [6.45, 7) is 1.41. The molecule has 1 aromatic rings. The van der Waals surface area contributed by atoms with E-state index in [1.54, 1.807) is 0 Å². The van der Waals surface area contributed by atoms with Gasteiger partial charge in [0, 0.05) is 18.5 Å². The quantitative estimate of drug-likeness (QED) is 0.822. The summed E-state index contributed by atoms with van der Waals surface area (Å²) in [4.78, 5) is 35.1. The van der Waals surface area contributed by atoms with Crippen molar-refractivity contribution in [3.8, 4) is 0 Å². The maximum absolute atomic E-state index is 13.9. The number of anilines is 1. The lowest BCUT2D eigenvalue weighted by Gasteiger charge is -2.17. The molecule has 0 aromatic heterocycles. The lowest BCUT2D eigenvalue weighted by Crippen LogP contribution is -2.29. The topological polar surface area (TPSA) is 80.5 Å². The van der Waals surface area contributed by atoms with Crippen molar-refractivity contribution >= 4 is 23.3 Å². The van der Waals surface area contributed by atoms with Gasteiger partial charge in [0.2, 0.25) is 11.8 Å². The zero-order valence-corrected chi connectivity index (χ0v) is 10.4. The molecule has 2 N–H and O–H groups in total. The second kappa shape index (κ2) is 4.79. The van der Waals surface area contributed by atoms with Gasteiger partial charge >= 0.3 is 0 Å². The van der Waals surface area contributed by atoms with Crippen molar-refractivity contribution < 1.29 is 18.8 Å². The number of halogens is 1. The van der Waals surface area contributed by atoms with E-state index in [-0.39, 0.29) is 35.9 Å². The van der Waals surface area contributed by atoms with Gasteiger partial charge in [-0.3, -0.25) is 14.4 Å². The minimum Gasteiger partial charge on any atom is -0.369 e. The number of rotatable bonds is 3. The molecule has 2 rings (SSSR count). The Labute approximate surface area is 109 Å². The van der Waals surface area contributed by atoms with Crippen molar-refractivity contribution in [2.24, 2.45) is 11.7 Å². The molecule has 1 heterocycles. The molecule has 0 radical (unpaired) electrons. The van der Waals surface area contributed by atoms with Crippen molar-refractivity contribution in [3.05, 3.63) is 29.6 Å². The summed E-state index contributed by atoms with van der Waals surface area (Å²) >= 11 is 0. The van der Waals surface area contributed by atoms with Gasteiger partial charge in [0.15, 0.2) is 5.78 Å². The van der Waals surface area contributed by atoms with Crippen LogP contribution in [-0.4, -0.2) is 24.1 Å². The number of carbonyl (C=O) groups is 3. The Bertz CT molecular complexity index is 571. The summed E-state index contributed by atoms with van der Waals surface area (Å²) in [5, 5.41) is 0. The number of benzene rings is 1. The number of Topliss-reactive ketones (excluding diaryl/α,β-unsaturated/α-hetero) is 1. The summed E-state index contributed by atoms with van der Waals surface area (Å²) in [5.41, 5.74) is 5.45. The Morgan fingerprint density at radius 2 is 2.11 bits per heavy atom. The van der Waals surface area contributed by atoms with Gasteiger partial charge < -0.3 is 10.6 Å². The predicted molar refractivity (Wildman–Crippen MR) is 66.1 cm³/mol. The van der Waals surface area contributed by atoms with Crippen LogP contribution in [0.15, 0.2) is 18.2 Å². The standard InChI is InChI=1S/C13H13FN2O3/c1-7(17)8-2-3-11(10(14)4-8)16-6-9(13(15)19)5-12(16)18/h2-4,9H,5-6H2,1H3,(H2,15,19). The zero-order chi connectivity index (χ0) is 14.2. The highest BCUT2D eigenvalue weighted by molar-refractivity contribution is 6.01. The summed E-state index contributed by atoms with van der Waals surface area (Å²) in [6.07, 6.45) is -0.0107. The zero-order valence-electron chi connectivity index (χ0n) is 10.4. The fourth-order valence-corrected chi connectivity index (χ4v) is 2.08. The number of amides is 2. The van der Waals surface area contributed by atoms with Crippen LogP contribution in [0.2, 0.25) is 0 Å². The monoisotopic (exact) mass is 264 g/mol. The van der Waals surface area contributed by atoms with Crippen LogP contribution in [0.25, 0.3) is 0 Å². The number of ketones is 1. The van der Waals surface area contributed by atoms with E-state index in [2.05, 4.69) is 0 Å². The second-order valence-corrected chi connectivity index (χ2v) is 4.53. The van der Waals surface area contributed by atoms with E-state index >= 15 is 0 Å². The molecule has 100 valence electrons. The smallest absolute Gasteiger partial charge is 0.227 e. The van der Waals surface area contributed by atoms with E-state index in [4.69, 9.17) is 5.73 Å². The second-order valence-electron chi connectivity index (χ2n) is 4.53. The molecule has 0 saturated carbocycles. The molecule has 1 unspecified atom stereocenters. The van der Waals surface area contributed by atoms with Gasteiger partial charge in [0.05, 0.1) is 11.6 Å². The van der Waals surface area contributed by atoms with Crippen LogP contribution in [-0.2, 0) is 9.59 Å². The first-order chi connectivity index (χ1) is 8.90. The summed E-state index contributed by atoms with van der Waals surface area (Å²) < 4.78 is 13.9. The molecule has 1 aromatic carbocycles. The predicted octanol–water partition coefficient (Wildman–Crippen LogP) is 0.867. The normalized spacial score (nSPS) is 18.7. The van der Waals surface area contributed by atoms with Gasteiger partial charge in [-0.05, 0) is 25.1 Å². The molecule has 19 heavy (non-hydrogen) atoms. The average molecular weight is 264 g/mol. The molecule has 1 saturated heterocycles. The average Bonchev–Trinajstić information content (AvgIpc) is 2.71. The fourth-order valence-electron chi connectivity index (χ4n) is 2.08. The molecule has 6 heteroatoms. The van der Waals surface area contributed by atoms with Crippen LogP contribution in [0.1, 0.15) is 23.7 Å². The molecular weight excluding hydrogens is 251 g/mol. The van der Waals surface area contributed by atoms with Crippen molar-refractivity contribution in [3.63, 3.8) is 0 Å². The third kappa shape index (κ3) is 2.47. The number of hydrogen-bond acceptors (Lipinski definition) is 3. The lowest BCUT2D eigenvalue weighted by atomic mass is 10.1. The summed E-state index contributed by atoms with van der Waals surface area (Å²) in [6, 6.07) is 3.90. The van der Waals surface area contributed by atoms with E-state index in [1.807, 2.05) is 0 Å². The molecule has 0 aliphatic carbocycles. The fraction of sp³-hybridized carbons (Fsp3) is 0.308. The van der Waals surface area contributed by atoms with Crippen LogP contribution >= 0.6 is 0 Å². The van der Waals surface area contributed by atoms with Crippen LogP contribution in [0.4, 0.5) is 10.1 Å². The van der Waals surface area contributed by atoms with E-state index in [0.29, 0.717) is 0 Å². The van der Waals surface area contributed by atoms with Gasteiger partial charge in [-0.15, -0.1) is 0 Å². The van der Waals surface area contributed by atoms with E-state index < -0.39 is 17.6 Å². The summed E-state index contributed by atoms with van der Waals surface area (Å²) in [5.74, 6) is -2.44. The maximum Gasteiger partial charge on any atom is 0.227 e. The van der Waals surface area contributed by atoms with Crippen LogP contribution < -0.4 is 10.6 Å². The third-order valence-corrected chi connectivity index (χ3v) is 3.17. The van der Waals surface area contributed by atoms with E-state index in [1.165, 1.54) is 24.0 Å². The van der Waals surface area contributed by atoms with Crippen molar-refractivity contribution in [1.82, 2.24) is 0 Å². The van der Waals surface area contributed by atoms with Gasteiger partial charge in [0.1, 0.15) is 5.82 Å². The Balaban J connectivity index is 2.30. The largest absolute Gasteiger partial charge is 0.369 e. The van der Waals surface area contributed by atoms with Gasteiger partial charge in [-0.2, -0.15) is 0 Å². The van der Waals surface area contributed by atoms with Crippen molar-refractivity contribution in [2.75, 3.05) is 11.4 Å².